The number of morpholine rings is 1. The second kappa shape index (κ2) is 7.44. The lowest BCUT2D eigenvalue weighted by atomic mass is 9.98. The van der Waals surface area contributed by atoms with Crippen molar-refractivity contribution in [3.63, 3.8) is 0 Å². The Bertz CT molecular complexity index is 838. The molecule has 1 aliphatic heterocycles. The lowest BCUT2D eigenvalue weighted by molar-refractivity contribution is -0.165. The average molecular weight is 366 g/mol. The number of carbonyl (C=O) groups excluding carboxylic acids is 2. The predicted molar refractivity (Wildman–Crippen MR) is 97.4 cm³/mol. The van der Waals surface area contributed by atoms with E-state index in [1.807, 2.05) is 36.1 Å². The largest absolute Gasteiger partial charge is 0.356 e. The van der Waals surface area contributed by atoms with E-state index in [1.165, 1.54) is 0 Å². The maximum atomic E-state index is 12.9. The van der Waals surface area contributed by atoms with Crippen LogP contribution in [0.25, 0.3) is 0 Å². The molecule has 2 aromatic heterocycles. The number of amides is 2. The lowest BCUT2D eigenvalue weighted by Crippen LogP contribution is -2.55. The van der Waals surface area contributed by atoms with Gasteiger partial charge in [0.15, 0.2) is 6.10 Å². The van der Waals surface area contributed by atoms with Crippen molar-refractivity contribution in [2.45, 2.75) is 44.5 Å². The molecule has 0 bridgehead atoms. The minimum atomic E-state index is -0.767. The molecule has 7 nitrogen and oxygen atoms in total. The van der Waals surface area contributed by atoms with E-state index in [0.717, 1.165) is 29.7 Å². The Labute approximate surface area is 157 Å². The molecule has 2 fully saturated rings. The molecule has 7 heteroatoms. The zero-order chi connectivity index (χ0) is 18.8. The second-order valence-corrected chi connectivity index (χ2v) is 6.98. The zero-order valence-electron chi connectivity index (χ0n) is 15.2. The van der Waals surface area contributed by atoms with Gasteiger partial charge in [-0.2, -0.15) is 0 Å². The zero-order valence-corrected chi connectivity index (χ0v) is 15.2. The van der Waals surface area contributed by atoms with Crippen LogP contribution < -0.4 is 5.32 Å². The SMILES string of the molecule is Cc1cccnc1CNC(=O)[C@H]1OCC(=O)N(C2CC2)[C@@H]1c1cccnc1. The van der Waals surface area contributed by atoms with Crippen LogP contribution in [0.4, 0.5) is 0 Å². The molecule has 1 N–H and O–H groups in total. The molecular formula is C20H22N4O3. The van der Waals surface area contributed by atoms with Crippen LogP contribution in [0.3, 0.4) is 0 Å². The van der Waals surface area contributed by atoms with Crippen LogP contribution in [-0.2, 0) is 20.9 Å². The molecule has 0 unspecified atom stereocenters. The van der Waals surface area contributed by atoms with Gasteiger partial charge in [-0.15, -0.1) is 0 Å². The number of hydrogen-bond acceptors (Lipinski definition) is 5. The highest BCUT2D eigenvalue weighted by atomic mass is 16.5. The Balaban J connectivity index is 1.56. The van der Waals surface area contributed by atoms with E-state index in [1.54, 1.807) is 18.6 Å². The quantitative estimate of drug-likeness (QED) is 0.868. The molecule has 3 heterocycles. The van der Waals surface area contributed by atoms with E-state index in [-0.39, 0.29) is 24.5 Å². The first-order valence-electron chi connectivity index (χ1n) is 9.16. The van der Waals surface area contributed by atoms with Crippen LogP contribution >= 0.6 is 0 Å². The number of ether oxygens (including phenoxy) is 1. The van der Waals surface area contributed by atoms with Crippen molar-refractivity contribution in [3.05, 3.63) is 59.7 Å². The molecule has 27 heavy (non-hydrogen) atoms. The Morgan fingerprint density at radius 1 is 1.30 bits per heavy atom. The summed E-state index contributed by atoms with van der Waals surface area (Å²) < 4.78 is 5.69. The summed E-state index contributed by atoms with van der Waals surface area (Å²) in [5.74, 6) is -0.317. The van der Waals surface area contributed by atoms with Gasteiger partial charge < -0.3 is 15.0 Å². The minimum Gasteiger partial charge on any atom is -0.356 e. The standard InChI is InChI=1S/C20H22N4O3/c1-13-4-2-9-22-16(13)11-23-20(26)19-18(14-5-3-8-21-10-14)24(15-6-7-15)17(25)12-27-19/h2-5,8-10,15,18-19H,6-7,11-12H2,1H3,(H,23,26)/t18-,19+/m1/s1. The number of nitrogens with zero attached hydrogens (tertiary/aromatic N) is 3. The van der Waals surface area contributed by atoms with Gasteiger partial charge in [0.2, 0.25) is 5.91 Å². The minimum absolute atomic E-state index is 0.0732. The molecule has 2 aromatic rings. The van der Waals surface area contributed by atoms with E-state index < -0.39 is 12.1 Å². The number of hydrogen-bond donors (Lipinski definition) is 1. The smallest absolute Gasteiger partial charge is 0.252 e. The van der Waals surface area contributed by atoms with E-state index in [0.29, 0.717) is 6.54 Å². The van der Waals surface area contributed by atoms with Gasteiger partial charge >= 0.3 is 0 Å². The van der Waals surface area contributed by atoms with Gasteiger partial charge in [-0.05, 0) is 43.0 Å². The average Bonchev–Trinajstić information content (AvgIpc) is 3.52. The fraction of sp³-hybridized carbons (Fsp3) is 0.400. The van der Waals surface area contributed by atoms with E-state index in [2.05, 4.69) is 15.3 Å². The molecule has 2 amide bonds. The third kappa shape index (κ3) is 3.68. The highest BCUT2D eigenvalue weighted by Crippen LogP contribution is 2.39. The van der Waals surface area contributed by atoms with Gasteiger partial charge in [0.25, 0.3) is 5.91 Å². The fourth-order valence-electron chi connectivity index (χ4n) is 3.49. The molecule has 1 saturated heterocycles. The van der Waals surface area contributed by atoms with Gasteiger partial charge in [0, 0.05) is 24.6 Å². The Morgan fingerprint density at radius 2 is 2.11 bits per heavy atom. The first-order valence-corrected chi connectivity index (χ1v) is 9.16. The van der Waals surface area contributed by atoms with E-state index >= 15 is 0 Å². The van der Waals surface area contributed by atoms with Crippen LogP contribution in [-0.4, -0.2) is 45.4 Å². The molecule has 2 aliphatic rings. The van der Waals surface area contributed by atoms with Crippen molar-refractivity contribution in [2.24, 2.45) is 0 Å². The first-order chi connectivity index (χ1) is 13.1. The Morgan fingerprint density at radius 3 is 2.81 bits per heavy atom. The maximum Gasteiger partial charge on any atom is 0.252 e. The van der Waals surface area contributed by atoms with Gasteiger partial charge in [-0.3, -0.25) is 19.6 Å². The van der Waals surface area contributed by atoms with Crippen molar-refractivity contribution < 1.29 is 14.3 Å². The van der Waals surface area contributed by atoms with E-state index in [4.69, 9.17) is 4.74 Å². The summed E-state index contributed by atoms with van der Waals surface area (Å²) in [5.41, 5.74) is 2.64. The number of aromatic nitrogens is 2. The predicted octanol–water partition coefficient (Wildman–Crippen LogP) is 1.53. The number of rotatable bonds is 5. The van der Waals surface area contributed by atoms with Crippen molar-refractivity contribution >= 4 is 11.8 Å². The summed E-state index contributed by atoms with van der Waals surface area (Å²) in [6.45, 7) is 2.20. The lowest BCUT2D eigenvalue weighted by Gasteiger charge is -2.40. The molecule has 4 rings (SSSR count). The highest BCUT2D eigenvalue weighted by molar-refractivity contribution is 5.86. The van der Waals surface area contributed by atoms with Gasteiger partial charge in [-0.25, -0.2) is 0 Å². The van der Waals surface area contributed by atoms with Crippen molar-refractivity contribution in [3.8, 4) is 0 Å². The summed E-state index contributed by atoms with van der Waals surface area (Å²) in [5, 5.41) is 2.92. The van der Waals surface area contributed by atoms with Crippen LogP contribution in [0.1, 0.15) is 35.7 Å². The monoisotopic (exact) mass is 366 g/mol. The molecule has 0 radical (unpaired) electrons. The Kier molecular flexibility index (Phi) is 4.85. The number of carbonyl (C=O) groups is 2. The summed E-state index contributed by atoms with van der Waals surface area (Å²) >= 11 is 0. The molecular weight excluding hydrogens is 344 g/mol. The molecule has 140 valence electrons. The third-order valence-corrected chi connectivity index (χ3v) is 5.03. The molecule has 1 saturated carbocycles. The van der Waals surface area contributed by atoms with Crippen molar-refractivity contribution in [1.29, 1.82) is 0 Å². The normalized spacial score (nSPS) is 22.6. The van der Waals surface area contributed by atoms with E-state index in [9.17, 15) is 9.59 Å². The first kappa shape index (κ1) is 17.6. The molecule has 0 aromatic carbocycles. The number of nitrogens with one attached hydrogen (secondary N) is 1. The van der Waals surface area contributed by atoms with Crippen molar-refractivity contribution in [2.75, 3.05) is 6.61 Å². The molecule has 0 spiro atoms. The van der Waals surface area contributed by atoms with Crippen LogP contribution in [0.2, 0.25) is 0 Å². The second-order valence-electron chi connectivity index (χ2n) is 6.98. The highest BCUT2D eigenvalue weighted by Gasteiger charge is 2.47. The molecule has 1 aliphatic carbocycles. The van der Waals surface area contributed by atoms with Gasteiger partial charge in [0.05, 0.1) is 18.3 Å². The maximum absolute atomic E-state index is 12.9. The third-order valence-electron chi connectivity index (χ3n) is 5.03. The topological polar surface area (TPSA) is 84.4 Å². The van der Waals surface area contributed by atoms with Crippen LogP contribution in [0.15, 0.2) is 42.9 Å². The summed E-state index contributed by atoms with van der Waals surface area (Å²) in [6.07, 6.45) is 6.24. The van der Waals surface area contributed by atoms with Gasteiger partial charge in [-0.1, -0.05) is 12.1 Å². The molecule has 2 atom stereocenters. The summed E-state index contributed by atoms with van der Waals surface area (Å²) in [7, 11) is 0. The number of aryl methyl sites for hydroxylation is 1. The summed E-state index contributed by atoms with van der Waals surface area (Å²) in [4.78, 5) is 35.7. The van der Waals surface area contributed by atoms with Crippen LogP contribution in [0.5, 0.6) is 0 Å². The number of pyridine rings is 2. The fourth-order valence-corrected chi connectivity index (χ4v) is 3.49. The van der Waals surface area contributed by atoms with Gasteiger partial charge in [0.1, 0.15) is 6.61 Å². The van der Waals surface area contributed by atoms with Crippen molar-refractivity contribution in [1.82, 2.24) is 20.2 Å². The Hall–Kier alpha value is -2.80. The summed E-state index contributed by atoms with van der Waals surface area (Å²) in [6, 6.07) is 7.24. The van der Waals surface area contributed by atoms with Crippen LogP contribution in [0, 0.1) is 6.92 Å².